The van der Waals surface area contributed by atoms with Gasteiger partial charge in [-0.2, -0.15) is 9.40 Å². The molecule has 0 radical (unpaired) electrons. The van der Waals surface area contributed by atoms with E-state index in [0.717, 1.165) is 5.56 Å². The van der Waals surface area contributed by atoms with E-state index in [1.165, 1.54) is 10.4 Å². The zero-order chi connectivity index (χ0) is 22.1. The fraction of sp³-hybridized carbons (Fsp3) is 0.429. The minimum absolute atomic E-state index is 0.0759. The number of amides is 1. The highest BCUT2D eigenvalue weighted by atomic mass is 35.5. The quantitative estimate of drug-likeness (QED) is 0.655. The zero-order valence-electron chi connectivity index (χ0n) is 17.7. The number of sulfonamides is 1. The standard InChI is InChI=1S/C21H27ClN4O3S/c1-15(2)26-17(4)21(16(3)23-26)30(28,29)25-13-11-24(12-14-25)20(27)10-9-18-7-5-6-8-19(18)22/h5-10,15H,11-14H2,1-4H3/b10-9+. The highest BCUT2D eigenvalue weighted by Crippen LogP contribution is 2.26. The molecule has 0 bridgehead atoms. The number of aryl methyl sites for hydroxylation is 1. The van der Waals surface area contributed by atoms with Crippen LogP contribution in [0.4, 0.5) is 0 Å². The molecule has 30 heavy (non-hydrogen) atoms. The van der Waals surface area contributed by atoms with Gasteiger partial charge in [0.25, 0.3) is 0 Å². The van der Waals surface area contributed by atoms with Gasteiger partial charge in [0.05, 0.1) is 11.4 Å². The summed E-state index contributed by atoms with van der Waals surface area (Å²) < 4.78 is 29.6. The van der Waals surface area contributed by atoms with Crippen molar-refractivity contribution in [2.75, 3.05) is 26.2 Å². The Labute approximate surface area is 183 Å². The second kappa shape index (κ2) is 8.91. The van der Waals surface area contributed by atoms with Crippen LogP contribution in [-0.4, -0.2) is 59.5 Å². The molecule has 3 rings (SSSR count). The maximum atomic E-state index is 13.2. The van der Waals surface area contributed by atoms with Gasteiger partial charge < -0.3 is 4.90 Å². The molecular formula is C21H27ClN4O3S. The number of carbonyl (C=O) groups is 1. The van der Waals surface area contributed by atoms with Crippen LogP contribution >= 0.6 is 11.6 Å². The molecule has 0 N–H and O–H groups in total. The molecule has 1 fully saturated rings. The lowest BCUT2D eigenvalue weighted by Crippen LogP contribution is -2.50. The lowest BCUT2D eigenvalue weighted by atomic mass is 10.2. The predicted molar refractivity (Wildman–Crippen MR) is 118 cm³/mol. The van der Waals surface area contributed by atoms with E-state index in [1.54, 1.807) is 35.6 Å². The van der Waals surface area contributed by atoms with Gasteiger partial charge in [0.15, 0.2) is 0 Å². The van der Waals surface area contributed by atoms with Gasteiger partial charge in [-0.3, -0.25) is 9.48 Å². The van der Waals surface area contributed by atoms with Gasteiger partial charge in [0.2, 0.25) is 15.9 Å². The van der Waals surface area contributed by atoms with Crippen LogP contribution in [0.15, 0.2) is 35.2 Å². The Hall–Kier alpha value is -2.16. The third-order valence-electron chi connectivity index (χ3n) is 5.21. The molecule has 1 aromatic carbocycles. The minimum atomic E-state index is -3.67. The van der Waals surface area contributed by atoms with E-state index < -0.39 is 10.0 Å². The van der Waals surface area contributed by atoms with E-state index in [0.29, 0.717) is 29.5 Å². The first-order valence-corrected chi connectivity index (χ1v) is 11.7. The molecule has 7 nitrogen and oxygen atoms in total. The van der Waals surface area contributed by atoms with Crippen LogP contribution in [0.25, 0.3) is 6.08 Å². The van der Waals surface area contributed by atoms with Gasteiger partial charge in [-0.25, -0.2) is 8.42 Å². The number of halogens is 1. The Morgan fingerprint density at radius 3 is 2.33 bits per heavy atom. The van der Waals surface area contributed by atoms with Gasteiger partial charge in [-0.1, -0.05) is 29.8 Å². The van der Waals surface area contributed by atoms with E-state index in [1.807, 2.05) is 32.0 Å². The topological polar surface area (TPSA) is 75.5 Å². The summed E-state index contributed by atoms with van der Waals surface area (Å²) >= 11 is 6.11. The van der Waals surface area contributed by atoms with E-state index in [9.17, 15) is 13.2 Å². The van der Waals surface area contributed by atoms with E-state index >= 15 is 0 Å². The van der Waals surface area contributed by atoms with Crippen molar-refractivity contribution >= 4 is 33.6 Å². The molecule has 1 aromatic heterocycles. The number of carbonyl (C=O) groups excluding carboxylic acids is 1. The number of nitrogens with zero attached hydrogens (tertiary/aromatic N) is 4. The lowest BCUT2D eigenvalue weighted by molar-refractivity contribution is -0.127. The fourth-order valence-electron chi connectivity index (χ4n) is 3.68. The van der Waals surface area contributed by atoms with Crippen molar-refractivity contribution < 1.29 is 13.2 Å². The monoisotopic (exact) mass is 450 g/mol. The van der Waals surface area contributed by atoms with Gasteiger partial charge in [-0.15, -0.1) is 0 Å². The third kappa shape index (κ3) is 4.45. The summed E-state index contributed by atoms with van der Waals surface area (Å²) in [6.45, 7) is 8.61. The van der Waals surface area contributed by atoms with Crippen LogP contribution in [0.1, 0.15) is 36.8 Å². The number of aromatic nitrogens is 2. The molecule has 0 aliphatic carbocycles. The Kier molecular flexibility index (Phi) is 6.69. The average Bonchev–Trinajstić information content (AvgIpc) is 3.02. The number of hydrogen-bond donors (Lipinski definition) is 0. The Morgan fingerprint density at radius 1 is 1.13 bits per heavy atom. The molecule has 0 spiro atoms. The van der Waals surface area contributed by atoms with Crippen molar-refractivity contribution in [2.24, 2.45) is 0 Å². The van der Waals surface area contributed by atoms with Crippen molar-refractivity contribution in [3.05, 3.63) is 52.3 Å². The van der Waals surface area contributed by atoms with Gasteiger partial charge in [-0.05, 0) is 45.4 Å². The van der Waals surface area contributed by atoms with Crippen LogP contribution in [0, 0.1) is 13.8 Å². The first-order valence-electron chi connectivity index (χ1n) is 9.90. The largest absolute Gasteiger partial charge is 0.337 e. The first kappa shape index (κ1) is 22.5. The molecule has 0 atom stereocenters. The number of benzene rings is 1. The normalized spacial score (nSPS) is 16.0. The van der Waals surface area contributed by atoms with Crippen LogP contribution in [0.2, 0.25) is 5.02 Å². The molecule has 2 heterocycles. The molecule has 1 aliphatic rings. The molecular weight excluding hydrogens is 424 g/mol. The maximum Gasteiger partial charge on any atom is 0.246 e. The van der Waals surface area contributed by atoms with Gasteiger partial charge >= 0.3 is 0 Å². The van der Waals surface area contributed by atoms with Crippen LogP contribution in [0.5, 0.6) is 0 Å². The summed E-state index contributed by atoms with van der Waals surface area (Å²) in [4.78, 5) is 14.4. The molecule has 0 saturated carbocycles. The molecule has 162 valence electrons. The van der Waals surface area contributed by atoms with Crippen molar-refractivity contribution in [1.29, 1.82) is 0 Å². The second-order valence-electron chi connectivity index (χ2n) is 7.62. The molecule has 9 heteroatoms. The summed E-state index contributed by atoms with van der Waals surface area (Å²) in [5, 5.41) is 4.97. The van der Waals surface area contributed by atoms with E-state index in [-0.39, 0.29) is 29.9 Å². The highest BCUT2D eigenvalue weighted by Gasteiger charge is 2.34. The van der Waals surface area contributed by atoms with Crippen molar-refractivity contribution in [3.8, 4) is 0 Å². The summed E-state index contributed by atoms with van der Waals surface area (Å²) in [7, 11) is -3.67. The fourth-order valence-corrected chi connectivity index (χ4v) is 5.66. The number of piperazine rings is 1. The third-order valence-corrected chi connectivity index (χ3v) is 7.70. The number of hydrogen-bond acceptors (Lipinski definition) is 4. The predicted octanol–water partition coefficient (Wildman–Crippen LogP) is 3.28. The van der Waals surface area contributed by atoms with Crippen molar-refractivity contribution in [2.45, 2.75) is 38.6 Å². The average molecular weight is 451 g/mol. The first-order chi connectivity index (χ1) is 14.1. The summed E-state index contributed by atoms with van der Waals surface area (Å²) in [6.07, 6.45) is 3.16. The Morgan fingerprint density at radius 2 is 1.77 bits per heavy atom. The Balaban J connectivity index is 1.69. The molecule has 1 amide bonds. The molecule has 0 unspecified atom stereocenters. The van der Waals surface area contributed by atoms with Crippen molar-refractivity contribution in [1.82, 2.24) is 19.0 Å². The second-order valence-corrected chi connectivity index (χ2v) is 9.90. The van der Waals surface area contributed by atoms with Gasteiger partial charge in [0, 0.05) is 43.3 Å². The summed E-state index contributed by atoms with van der Waals surface area (Å²) in [6, 6.07) is 7.35. The van der Waals surface area contributed by atoms with Crippen LogP contribution in [-0.2, 0) is 14.8 Å². The maximum absolute atomic E-state index is 13.2. The smallest absolute Gasteiger partial charge is 0.246 e. The van der Waals surface area contributed by atoms with E-state index in [2.05, 4.69) is 5.10 Å². The Bertz CT molecular complexity index is 1070. The summed E-state index contributed by atoms with van der Waals surface area (Å²) in [5.41, 5.74) is 1.91. The number of rotatable bonds is 5. The molecule has 2 aromatic rings. The van der Waals surface area contributed by atoms with Crippen LogP contribution in [0.3, 0.4) is 0 Å². The highest BCUT2D eigenvalue weighted by molar-refractivity contribution is 7.89. The molecule has 1 aliphatic heterocycles. The lowest BCUT2D eigenvalue weighted by Gasteiger charge is -2.33. The van der Waals surface area contributed by atoms with Crippen LogP contribution < -0.4 is 0 Å². The zero-order valence-corrected chi connectivity index (χ0v) is 19.2. The SMILES string of the molecule is Cc1nn(C(C)C)c(C)c1S(=O)(=O)N1CCN(C(=O)/C=C/c2ccccc2Cl)CC1. The summed E-state index contributed by atoms with van der Waals surface area (Å²) in [5.74, 6) is -0.160. The van der Waals surface area contributed by atoms with Crippen molar-refractivity contribution in [3.63, 3.8) is 0 Å². The molecule has 1 saturated heterocycles. The minimum Gasteiger partial charge on any atom is -0.337 e. The van der Waals surface area contributed by atoms with Gasteiger partial charge in [0.1, 0.15) is 4.90 Å². The van der Waals surface area contributed by atoms with E-state index in [4.69, 9.17) is 11.6 Å².